The summed E-state index contributed by atoms with van der Waals surface area (Å²) in [5.74, 6) is -0.497. The average Bonchev–Trinajstić information content (AvgIpc) is 2.40. The number of benzene rings is 1. The van der Waals surface area contributed by atoms with E-state index in [1.807, 2.05) is 17.1 Å². The van der Waals surface area contributed by atoms with Crippen LogP contribution in [-0.2, 0) is 6.42 Å². The lowest BCUT2D eigenvalue weighted by molar-refractivity contribution is 0.0948. The summed E-state index contributed by atoms with van der Waals surface area (Å²) >= 11 is 0. The van der Waals surface area contributed by atoms with Crippen molar-refractivity contribution < 1.29 is 4.79 Å². The molecule has 1 aromatic heterocycles. The fourth-order valence-corrected chi connectivity index (χ4v) is 1.69. The fourth-order valence-electron chi connectivity index (χ4n) is 1.69. The van der Waals surface area contributed by atoms with Crippen molar-refractivity contribution in [2.45, 2.75) is 6.42 Å². The molecular weight excluding hydrogens is 260 g/mol. The van der Waals surface area contributed by atoms with Gasteiger partial charge in [-0.3, -0.25) is 14.6 Å². The lowest BCUT2D eigenvalue weighted by Gasteiger charge is -2.05. The molecule has 2 rings (SSSR count). The second-order valence-corrected chi connectivity index (χ2v) is 4.25. The van der Waals surface area contributed by atoms with Crippen molar-refractivity contribution in [3.05, 3.63) is 62.4 Å². The minimum Gasteiger partial charge on any atom is -0.399 e. The molecule has 0 saturated carbocycles. The van der Waals surface area contributed by atoms with Crippen LogP contribution in [0.5, 0.6) is 0 Å². The van der Waals surface area contributed by atoms with Gasteiger partial charge in [0.25, 0.3) is 11.5 Å². The van der Waals surface area contributed by atoms with Gasteiger partial charge in [-0.1, -0.05) is 12.1 Å². The van der Waals surface area contributed by atoms with Crippen molar-refractivity contribution in [1.82, 2.24) is 15.3 Å². The molecule has 0 aliphatic carbocycles. The first-order valence-electron chi connectivity index (χ1n) is 6.01. The number of H-pyrrole nitrogens is 2. The summed E-state index contributed by atoms with van der Waals surface area (Å²) in [7, 11) is 0. The standard InChI is InChI=1S/C13H14N4O3/c14-9-3-1-8(2-4-9)5-6-15-12(19)10-7-11(18)17-13(20)16-10/h1-4,7H,5-6,14H2,(H,15,19)(H2,16,17,18,20). The zero-order valence-corrected chi connectivity index (χ0v) is 10.6. The number of aromatic nitrogens is 2. The molecule has 1 amide bonds. The minimum atomic E-state index is -0.707. The summed E-state index contributed by atoms with van der Waals surface area (Å²) in [5, 5.41) is 2.62. The first kappa shape index (κ1) is 13.6. The Morgan fingerprint density at radius 2 is 1.85 bits per heavy atom. The van der Waals surface area contributed by atoms with Crippen LogP contribution in [0, 0.1) is 0 Å². The van der Waals surface area contributed by atoms with Crippen molar-refractivity contribution in [3.8, 4) is 0 Å². The molecule has 7 heteroatoms. The van der Waals surface area contributed by atoms with E-state index in [1.165, 1.54) is 0 Å². The third-order valence-corrected chi connectivity index (χ3v) is 2.68. The Morgan fingerprint density at radius 3 is 2.50 bits per heavy atom. The van der Waals surface area contributed by atoms with Crippen LogP contribution >= 0.6 is 0 Å². The van der Waals surface area contributed by atoms with Gasteiger partial charge >= 0.3 is 5.69 Å². The maximum Gasteiger partial charge on any atom is 0.326 e. The maximum absolute atomic E-state index is 11.7. The van der Waals surface area contributed by atoms with Crippen LogP contribution in [0.2, 0.25) is 0 Å². The fraction of sp³-hybridized carbons (Fsp3) is 0.154. The van der Waals surface area contributed by atoms with E-state index in [1.54, 1.807) is 12.1 Å². The van der Waals surface area contributed by atoms with Gasteiger partial charge < -0.3 is 16.0 Å². The summed E-state index contributed by atoms with van der Waals surface area (Å²) in [6.07, 6.45) is 0.624. The van der Waals surface area contributed by atoms with E-state index < -0.39 is 17.2 Å². The normalized spacial score (nSPS) is 10.2. The molecule has 1 aromatic carbocycles. The molecule has 1 heterocycles. The SMILES string of the molecule is Nc1ccc(CCNC(=O)c2cc(=O)[nH]c(=O)[nH]2)cc1. The van der Waals surface area contributed by atoms with Gasteiger partial charge in [0.05, 0.1) is 0 Å². The Balaban J connectivity index is 1.93. The highest BCUT2D eigenvalue weighted by Gasteiger charge is 2.07. The molecule has 0 aliphatic rings. The molecule has 104 valence electrons. The highest BCUT2D eigenvalue weighted by Crippen LogP contribution is 2.05. The van der Waals surface area contributed by atoms with Gasteiger partial charge in [0.15, 0.2) is 0 Å². The zero-order valence-electron chi connectivity index (χ0n) is 10.6. The lowest BCUT2D eigenvalue weighted by atomic mass is 10.1. The number of carbonyl (C=O) groups is 1. The second kappa shape index (κ2) is 5.87. The number of hydrogen-bond acceptors (Lipinski definition) is 4. The van der Waals surface area contributed by atoms with Gasteiger partial charge in [-0.2, -0.15) is 0 Å². The molecule has 0 saturated heterocycles. The zero-order chi connectivity index (χ0) is 14.5. The number of aromatic amines is 2. The maximum atomic E-state index is 11.7. The first-order valence-corrected chi connectivity index (χ1v) is 6.01. The van der Waals surface area contributed by atoms with Crippen LogP contribution in [-0.4, -0.2) is 22.4 Å². The Hall–Kier alpha value is -2.83. The minimum absolute atomic E-state index is 0.0592. The van der Waals surface area contributed by atoms with E-state index in [0.29, 0.717) is 18.7 Å². The molecule has 0 spiro atoms. The molecule has 20 heavy (non-hydrogen) atoms. The Morgan fingerprint density at radius 1 is 1.15 bits per heavy atom. The van der Waals surface area contributed by atoms with Gasteiger partial charge in [-0.15, -0.1) is 0 Å². The average molecular weight is 274 g/mol. The molecule has 0 fully saturated rings. The number of carbonyl (C=O) groups excluding carboxylic acids is 1. The molecular formula is C13H14N4O3. The van der Waals surface area contributed by atoms with Gasteiger partial charge in [-0.25, -0.2) is 4.79 Å². The summed E-state index contributed by atoms with van der Waals surface area (Å²) < 4.78 is 0. The summed E-state index contributed by atoms with van der Waals surface area (Å²) in [6.45, 7) is 0.386. The third kappa shape index (κ3) is 3.58. The van der Waals surface area contributed by atoms with Crippen LogP contribution in [0.15, 0.2) is 39.9 Å². The summed E-state index contributed by atoms with van der Waals surface area (Å²) in [5.41, 5.74) is 5.90. The molecule has 5 N–H and O–H groups in total. The predicted octanol–water partition coefficient (Wildman–Crippen LogP) is -0.382. The quantitative estimate of drug-likeness (QED) is 0.568. The van der Waals surface area contributed by atoms with Crippen LogP contribution in [0.4, 0.5) is 5.69 Å². The molecule has 0 radical (unpaired) electrons. The van der Waals surface area contributed by atoms with Gasteiger partial charge in [0.2, 0.25) is 0 Å². The van der Waals surface area contributed by atoms with Crippen LogP contribution in [0.25, 0.3) is 0 Å². The topological polar surface area (TPSA) is 121 Å². The first-order chi connectivity index (χ1) is 9.54. The highest BCUT2D eigenvalue weighted by atomic mass is 16.2. The molecule has 0 unspecified atom stereocenters. The van der Waals surface area contributed by atoms with E-state index in [-0.39, 0.29) is 5.69 Å². The van der Waals surface area contributed by atoms with Crippen molar-refractivity contribution >= 4 is 11.6 Å². The van der Waals surface area contributed by atoms with E-state index in [2.05, 4.69) is 10.3 Å². The highest BCUT2D eigenvalue weighted by molar-refractivity contribution is 5.91. The number of nitrogen functional groups attached to an aromatic ring is 1. The van der Waals surface area contributed by atoms with Crippen molar-refractivity contribution in [2.24, 2.45) is 0 Å². The number of nitrogens with two attached hydrogens (primary N) is 1. The van der Waals surface area contributed by atoms with E-state index in [9.17, 15) is 14.4 Å². The predicted molar refractivity (Wildman–Crippen MR) is 74.6 cm³/mol. The van der Waals surface area contributed by atoms with Crippen molar-refractivity contribution in [1.29, 1.82) is 0 Å². The number of amides is 1. The second-order valence-electron chi connectivity index (χ2n) is 4.25. The largest absolute Gasteiger partial charge is 0.399 e. The van der Waals surface area contributed by atoms with Crippen LogP contribution < -0.4 is 22.3 Å². The van der Waals surface area contributed by atoms with Crippen molar-refractivity contribution in [2.75, 3.05) is 12.3 Å². The number of hydrogen-bond donors (Lipinski definition) is 4. The van der Waals surface area contributed by atoms with E-state index >= 15 is 0 Å². The van der Waals surface area contributed by atoms with Gasteiger partial charge in [0, 0.05) is 18.3 Å². The lowest BCUT2D eigenvalue weighted by Crippen LogP contribution is -2.31. The molecule has 0 bridgehead atoms. The number of nitrogens with one attached hydrogen (secondary N) is 3. The van der Waals surface area contributed by atoms with E-state index in [4.69, 9.17) is 5.73 Å². The monoisotopic (exact) mass is 274 g/mol. The Kier molecular flexibility index (Phi) is 3.99. The summed E-state index contributed by atoms with van der Waals surface area (Å²) in [6, 6.07) is 8.35. The molecule has 2 aromatic rings. The Labute approximate surface area is 113 Å². The van der Waals surface area contributed by atoms with E-state index in [0.717, 1.165) is 11.6 Å². The van der Waals surface area contributed by atoms with Gasteiger partial charge in [-0.05, 0) is 24.1 Å². The third-order valence-electron chi connectivity index (χ3n) is 2.68. The number of anilines is 1. The van der Waals surface area contributed by atoms with Crippen LogP contribution in [0.1, 0.15) is 16.1 Å². The molecule has 0 aliphatic heterocycles. The summed E-state index contributed by atoms with van der Waals surface area (Å²) in [4.78, 5) is 38.1. The smallest absolute Gasteiger partial charge is 0.326 e. The van der Waals surface area contributed by atoms with Gasteiger partial charge in [0.1, 0.15) is 5.69 Å². The number of rotatable bonds is 4. The Bertz CT molecular complexity index is 687. The van der Waals surface area contributed by atoms with Crippen LogP contribution in [0.3, 0.4) is 0 Å². The molecule has 0 atom stereocenters. The van der Waals surface area contributed by atoms with Crippen molar-refractivity contribution in [3.63, 3.8) is 0 Å². The molecule has 7 nitrogen and oxygen atoms in total.